The molecule has 3 heterocycles. The van der Waals surface area contributed by atoms with E-state index in [4.69, 9.17) is 0 Å². The third kappa shape index (κ3) is 4.89. The van der Waals surface area contributed by atoms with Gasteiger partial charge in [0.05, 0.1) is 5.92 Å². The van der Waals surface area contributed by atoms with Crippen molar-refractivity contribution in [2.24, 2.45) is 5.92 Å². The lowest BCUT2D eigenvalue weighted by Crippen LogP contribution is -2.46. The zero-order chi connectivity index (χ0) is 23.5. The molecule has 5 rings (SSSR count). The monoisotopic (exact) mass is 520 g/mol. The highest BCUT2D eigenvalue weighted by atomic mass is 79.9. The van der Waals surface area contributed by atoms with E-state index >= 15 is 0 Å². The molecule has 0 aliphatic carbocycles. The molecule has 9 heteroatoms. The van der Waals surface area contributed by atoms with Crippen molar-refractivity contribution in [2.75, 3.05) is 52.7 Å². The van der Waals surface area contributed by atoms with Crippen LogP contribution in [-0.4, -0.2) is 54.5 Å². The SMILES string of the molecule is O=C(Nc1cc(N2CCN(c3ccccc3)CC2)ncn1)C1CC(=O)N(c2cccc(Br)c2)C1. The van der Waals surface area contributed by atoms with Gasteiger partial charge in [0.2, 0.25) is 11.8 Å². The molecule has 3 aromatic rings. The number of piperazine rings is 1. The average molecular weight is 521 g/mol. The van der Waals surface area contributed by atoms with Crippen molar-refractivity contribution < 1.29 is 9.59 Å². The molecule has 0 radical (unpaired) electrons. The summed E-state index contributed by atoms with van der Waals surface area (Å²) in [6, 6.07) is 19.7. The number of amides is 2. The van der Waals surface area contributed by atoms with Gasteiger partial charge in [0.25, 0.3) is 0 Å². The molecule has 174 valence electrons. The predicted octanol–water partition coefficient (Wildman–Crippen LogP) is 3.56. The van der Waals surface area contributed by atoms with Gasteiger partial charge in [0.15, 0.2) is 0 Å². The first-order valence-corrected chi connectivity index (χ1v) is 12.1. The molecule has 0 bridgehead atoms. The highest BCUT2D eigenvalue weighted by Gasteiger charge is 2.35. The van der Waals surface area contributed by atoms with Crippen LogP contribution < -0.4 is 20.0 Å². The zero-order valence-corrected chi connectivity index (χ0v) is 20.2. The molecule has 34 heavy (non-hydrogen) atoms. The number of aromatic nitrogens is 2. The molecule has 1 atom stereocenters. The Balaban J connectivity index is 1.20. The number of halogens is 1. The van der Waals surface area contributed by atoms with Crippen molar-refractivity contribution in [1.82, 2.24) is 9.97 Å². The summed E-state index contributed by atoms with van der Waals surface area (Å²) in [6.45, 7) is 3.80. The Labute approximate surface area is 206 Å². The highest BCUT2D eigenvalue weighted by Crippen LogP contribution is 2.28. The number of benzene rings is 2. The van der Waals surface area contributed by atoms with Crippen LogP contribution in [0.15, 0.2) is 71.5 Å². The number of rotatable bonds is 5. The van der Waals surface area contributed by atoms with Crippen LogP contribution in [0, 0.1) is 5.92 Å². The van der Waals surface area contributed by atoms with Crippen molar-refractivity contribution in [3.8, 4) is 0 Å². The van der Waals surface area contributed by atoms with Crippen molar-refractivity contribution in [3.63, 3.8) is 0 Å². The second-order valence-electron chi connectivity index (χ2n) is 8.45. The Morgan fingerprint density at radius 1 is 0.912 bits per heavy atom. The Morgan fingerprint density at radius 2 is 1.65 bits per heavy atom. The van der Waals surface area contributed by atoms with Crippen LogP contribution in [0.4, 0.5) is 23.0 Å². The summed E-state index contributed by atoms with van der Waals surface area (Å²) in [5.74, 6) is 0.548. The van der Waals surface area contributed by atoms with Crippen LogP contribution in [0.1, 0.15) is 6.42 Å². The van der Waals surface area contributed by atoms with E-state index in [1.165, 1.54) is 12.0 Å². The minimum absolute atomic E-state index is 0.0575. The van der Waals surface area contributed by atoms with Gasteiger partial charge < -0.3 is 20.0 Å². The Kier molecular flexibility index (Phi) is 6.44. The summed E-state index contributed by atoms with van der Waals surface area (Å²) >= 11 is 3.43. The minimum Gasteiger partial charge on any atom is -0.368 e. The van der Waals surface area contributed by atoms with E-state index < -0.39 is 5.92 Å². The third-order valence-corrected chi connectivity index (χ3v) is 6.74. The largest absolute Gasteiger partial charge is 0.368 e. The molecule has 2 aromatic carbocycles. The molecule has 2 aliphatic rings. The zero-order valence-electron chi connectivity index (χ0n) is 18.6. The van der Waals surface area contributed by atoms with Crippen molar-refractivity contribution in [3.05, 3.63) is 71.5 Å². The van der Waals surface area contributed by atoms with Gasteiger partial charge in [-0.15, -0.1) is 0 Å². The van der Waals surface area contributed by atoms with E-state index in [-0.39, 0.29) is 18.2 Å². The second-order valence-corrected chi connectivity index (χ2v) is 9.36. The number of nitrogens with zero attached hydrogens (tertiary/aromatic N) is 5. The van der Waals surface area contributed by atoms with Crippen LogP contribution in [0.25, 0.3) is 0 Å². The Bertz CT molecular complexity index is 1180. The molecule has 0 spiro atoms. The van der Waals surface area contributed by atoms with Gasteiger partial charge in [-0.05, 0) is 30.3 Å². The highest BCUT2D eigenvalue weighted by molar-refractivity contribution is 9.10. The fourth-order valence-electron chi connectivity index (χ4n) is 4.43. The van der Waals surface area contributed by atoms with E-state index in [1.807, 2.05) is 30.3 Å². The molecule has 1 unspecified atom stereocenters. The van der Waals surface area contributed by atoms with Crippen LogP contribution in [-0.2, 0) is 9.59 Å². The van der Waals surface area contributed by atoms with Crippen LogP contribution in [0.3, 0.4) is 0 Å². The van der Waals surface area contributed by atoms with E-state index in [1.54, 1.807) is 11.0 Å². The van der Waals surface area contributed by atoms with E-state index in [0.29, 0.717) is 12.4 Å². The lowest BCUT2D eigenvalue weighted by atomic mass is 10.1. The molecule has 2 saturated heterocycles. The minimum atomic E-state index is -0.431. The maximum absolute atomic E-state index is 12.9. The lowest BCUT2D eigenvalue weighted by molar-refractivity contribution is -0.122. The standard InChI is InChI=1S/C25H25BrN6O2/c26-19-5-4-8-21(14-19)32-16-18(13-24(32)33)25(34)29-22-15-23(28-17-27-22)31-11-9-30(10-12-31)20-6-2-1-3-7-20/h1-8,14-15,17-18H,9-13,16H2,(H,27,28,29,34). The number of carbonyl (C=O) groups excluding carboxylic acids is 2. The number of nitrogens with one attached hydrogen (secondary N) is 1. The Hall–Kier alpha value is -3.46. The molecule has 1 aromatic heterocycles. The van der Waals surface area contributed by atoms with Gasteiger partial charge in [-0.2, -0.15) is 0 Å². The molecule has 1 N–H and O–H groups in total. The molecule has 0 saturated carbocycles. The smallest absolute Gasteiger partial charge is 0.230 e. The summed E-state index contributed by atoms with van der Waals surface area (Å²) in [4.78, 5) is 40.3. The summed E-state index contributed by atoms with van der Waals surface area (Å²) in [5.41, 5.74) is 2.01. The van der Waals surface area contributed by atoms with Gasteiger partial charge in [-0.3, -0.25) is 9.59 Å². The van der Waals surface area contributed by atoms with Gasteiger partial charge in [0.1, 0.15) is 18.0 Å². The maximum Gasteiger partial charge on any atom is 0.230 e. The van der Waals surface area contributed by atoms with Gasteiger partial charge in [0, 0.05) is 61.1 Å². The first kappa shape index (κ1) is 22.3. The van der Waals surface area contributed by atoms with Gasteiger partial charge in [-0.1, -0.05) is 40.2 Å². The first-order valence-electron chi connectivity index (χ1n) is 11.3. The van der Waals surface area contributed by atoms with E-state index in [9.17, 15) is 9.59 Å². The molecular weight excluding hydrogens is 496 g/mol. The number of hydrogen-bond acceptors (Lipinski definition) is 6. The van der Waals surface area contributed by atoms with Crippen molar-refractivity contribution >= 4 is 50.8 Å². The van der Waals surface area contributed by atoms with Crippen LogP contribution in [0.5, 0.6) is 0 Å². The fraction of sp³-hybridized carbons (Fsp3) is 0.280. The second kappa shape index (κ2) is 9.80. The first-order chi connectivity index (χ1) is 16.6. The molecule has 2 fully saturated rings. The van der Waals surface area contributed by atoms with Crippen molar-refractivity contribution in [2.45, 2.75) is 6.42 Å². The summed E-state index contributed by atoms with van der Waals surface area (Å²) in [5, 5.41) is 2.89. The van der Waals surface area contributed by atoms with Crippen LogP contribution in [0.2, 0.25) is 0 Å². The summed E-state index contributed by atoms with van der Waals surface area (Å²) in [6.07, 6.45) is 1.65. The fourth-order valence-corrected chi connectivity index (χ4v) is 4.81. The summed E-state index contributed by atoms with van der Waals surface area (Å²) in [7, 11) is 0. The third-order valence-electron chi connectivity index (χ3n) is 6.24. The Morgan fingerprint density at radius 3 is 2.41 bits per heavy atom. The molecule has 8 nitrogen and oxygen atoms in total. The number of para-hydroxylation sites is 1. The molecule has 2 amide bonds. The maximum atomic E-state index is 12.9. The van der Waals surface area contributed by atoms with Crippen LogP contribution >= 0.6 is 15.9 Å². The predicted molar refractivity (Wildman–Crippen MR) is 136 cm³/mol. The molecular formula is C25H25BrN6O2. The lowest BCUT2D eigenvalue weighted by Gasteiger charge is -2.36. The topological polar surface area (TPSA) is 81.7 Å². The molecule has 2 aliphatic heterocycles. The average Bonchev–Trinajstić information content (AvgIpc) is 3.27. The normalized spacial score (nSPS) is 18.3. The summed E-state index contributed by atoms with van der Waals surface area (Å²) < 4.78 is 0.892. The van der Waals surface area contributed by atoms with Gasteiger partial charge in [-0.25, -0.2) is 9.97 Å². The van der Waals surface area contributed by atoms with Gasteiger partial charge >= 0.3 is 0 Å². The number of carbonyl (C=O) groups is 2. The number of anilines is 4. The number of hydrogen-bond donors (Lipinski definition) is 1. The van der Waals surface area contributed by atoms with Crippen molar-refractivity contribution in [1.29, 1.82) is 0 Å². The van der Waals surface area contributed by atoms with E-state index in [2.05, 4.69) is 65.3 Å². The van der Waals surface area contributed by atoms with E-state index in [0.717, 1.165) is 42.2 Å². The quantitative estimate of drug-likeness (QED) is 0.553.